The van der Waals surface area contributed by atoms with Crippen LogP contribution in [-0.2, 0) is 17.6 Å². The van der Waals surface area contributed by atoms with Gasteiger partial charge in [0.1, 0.15) is 5.82 Å². The fraction of sp³-hybridized carbons (Fsp3) is 0.280. The van der Waals surface area contributed by atoms with Crippen molar-refractivity contribution in [3.05, 3.63) is 59.4 Å². The molecule has 3 N–H and O–H groups in total. The Balaban J connectivity index is 1.65. The first-order chi connectivity index (χ1) is 16.6. The summed E-state index contributed by atoms with van der Waals surface area (Å²) in [7, 11) is 1.75. The number of hydrogen-bond donors (Lipinski definition) is 3. The average molecular weight is 474 g/mol. The Morgan fingerprint density at radius 1 is 1.18 bits per heavy atom. The van der Waals surface area contributed by atoms with Gasteiger partial charge in [0.25, 0.3) is 0 Å². The summed E-state index contributed by atoms with van der Waals surface area (Å²) in [6.07, 6.45) is 3.51. The van der Waals surface area contributed by atoms with E-state index < -0.39 is 0 Å². The highest BCUT2D eigenvalue weighted by Crippen LogP contribution is 2.44. The van der Waals surface area contributed by atoms with Gasteiger partial charge in [-0.2, -0.15) is 5.10 Å². The minimum absolute atomic E-state index is 0.103. The van der Waals surface area contributed by atoms with E-state index in [-0.39, 0.29) is 12.5 Å². The van der Waals surface area contributed by atoms with Crippen LogP contribution in [-0.4, -0.2) is 45.8 Å². The van der Waals surface area contributed by atoms with Gasteiger partial charge in [-0.15, -0.1) is 0 Å². The minimum atomic E-state index is -0.103. The monoisotopic (exact) mass is 473 g/mol. The quantitative estimate of drug-likeness (QED) is 0.375. The van der Waals surface area contributed by atoms with Gasteiger partial charge in [-0.3, -0.25) is 4.79 Å². The zero-order valence-electron chi connectivity index (χ0n) is 19.5. The van der Waals surface area contributed by atoms with Crippen molar-refractivity contribution in [2.45, 2.75) is 26.7 Å². The summed E-state index contributed by atoms with van der Waals surface area (Å²) in [5.41, 5.74) is 7.33. The van der Waals surface area contributed by atoms with Gasteiger partial charge in [-0.05, 0) is 57.5 Å². The van der Waals surface area contributed by atoms with Crippen molar-refractivity contribution in [1.29, 1.82) is 0 Å². The van der Waals surface area contributed by atoms with Crippen LogP contribution in [0, 0.1) is 6.92 Å². The maximum Gasteiger partial charge on any atom is 0.240 e. The van der Waals surface area contributed by atoms with Crippen molar-refractivity contribution >= 4 is 28.2 Å². The van der Waals surface area contributed by atoms with Gasteiger partial charge in [-0.1, -0.05) is 29.5 Å². The number of rotatable bonds is 7. The smallest absolute Gasteiger partial charge is 0.240 e. The zero-order chi connectivity index (χ0) is 23.7. The molecule has 0 fully saturated rings. The molecule has 1 amide bonds. The number of thiazole rings is 1. The standard InChI is InChI=1S/C25H27N7OS/c1-4-27-20-12-9-16(13-28-20)22-17-10-11-18-24(34-25(29-18)30-21(33)14-26-3)23(17)32(31-22)19-8-6-5-7-15(19)2/h5-9,12-13,26H,4,10-11,14H2,1-3H3,(H,27,28)(H,29,30,33). The number of pyridine rings is 1. The van der Waals surface area contributed by atoms with Crippen LogP contribution in [0.4, 0.5) is 10.9 Å². The zero-order valence-corrected chi connectivity index (χ0v) is 20.3. The summed E-state index contributed by atoms with van der Waals surface area (Å²) < 4.78 is 2.04. The van der Waals surface area contributed by atoms with Crippen molar-refractivity contribution in [2.75, 3.05) is 30.8 Å². The predicted octanol–water partition coefficient (Wildman–Crippen LogP) is 4.05. The summed E-state index contributed by atoms with van der Waals surface area (Å²) in [5, 5.41) is 14.8. The van der Waals surface area contributed by atoms with E-state index in [0.717, 1.165) is 64.0 Å². The Hall–Kier alpha value is -3.56. The second kappa shape index (κ2) is 9.36. The van der Waals surface area contributed by atoms with Gasteiger partial charge in [0.2, 0.25) is 5.91 Å². The largest absolute Gasteiger partial charge is 0.370 e. The molecule has 8 nitrogen and oxygen atoms in total. The molecule has 0 atom stereocenters. The SMILES string of the molecule is CCNc1ccc(-c2nn(-c3ccccc3C)c3c2CCc2nc(NC(=O)CNC)sc2-3)cn1. The molecule has 9 heteroatoms. The van der Waals surface area contributed by atoms with Gasteiger partial charge in [-0.25, -0.2) is 14.6 Å². The number of benzene rings is 1. The first kappa shape index (κ1) is 22.2. The van der Waals surface area contributed by atoms with E-state index in [4.69, 9.17) is 10.1 Å². The van der Waals surface area contributed by atoms with Crippen LogP contribution in [0.5, 0.6) is 0 Å². The van der Waals surface area contributed by atoms with Gasteiger partial charge in [0.05, 0.1) is 34.2 Å². The Bertz CT molecular complexity index is 1340. The molecule has 1 aliphatic rings. The third-order valence-electron chi connectivity index (χ3n) is 5.83. The van der Waals surface area contributed by atoms with Gasteiger partial charge in [0, 0.05) is 23.9 Å². The predicted molar refractivity (Wildman–Crippen MR) is 137 cm³/mol. The molecule has 5 rings (SSSR count). The topological polar surface area (TPSA) is 96.8 Å². The molecule has 1 aromatic carbocycles. The lowest BCUT2D eigenvalue weighted by atomic mass is 9.95. The van der Waals surface area contributed by atoms with E-state index in [9.17, 15) is 4.79 Å². The van der Waals surface area contributed by atoms with Crippen LogP contribution in [0.3, 0.4) is 0 Å². The molecule has 174 valence electrons. The fourth-order valence-corrected chi connectivity index (χ4v) is 5.36. The van der Waals surface area contributed by atoms with E-state index in [1.807, 2.05) is 29.1 Å². The normalized spacial score (nSPS) is 12.2. The molecule has 3 heterocycles. The molecule has 0 saturated heterocycles. The van der Waals surface area contributed by atoms with Crippen LogP contribution in [0.2, 0.25) is 0 Å². The second-order valence-electron chi connectivity index (χ2n) is 8.21. The first-order valence-electron chi connectivity index (χ1n) is 11.4. The van der Waals surface area contributed by atoms with Crippen molar-refractivity contribution in [1.82, 2.24) is 25.1 Å². The van der Waals surface area contributed by atoms with E-state index in [1.165, 1.54) is 16.9 Å². The number of carbonyl (C=O) groups is 1. The minimum Gasteiger partial charge on any atom is -0.370 e. The van der Waals surface area contributed by atoms with Crippen molar-refractivity contribution < 1.29 is 4.79 Å². The number of aromatic nitrogens is 4. The van der Waals surface area contributed by atoms with Gasteiger partial charge in [0.15, 0.2) is 5.13 Å². The molecule has 0 aliphatic heterocycles. The Morgan fingerprint density at radius 3 is 2.76 bits per heavy atom. The van der Waals surface area contributed by atoms with Gasteiger partial charge >= 0.3 is 0 Å². The highest BCUT2D eigenvalue weighted by atomic mass is 32.1. The maximum atomic E-state index is 12.1. The number of nitrogens with zero attached hydrogens (tertiary/aromatic N) is 4. The van der Waals surface area contributed by atoms with E-state index >= 15 is 0 Å². The van der Waals surface area contributed by atoms with Crippen LogP contribution in [0.1, 0.15) is 23.7 Å². The molecule has 0 radical (unpaired) electrons. The molecule has 0 saturated carbocycles. The third-order valence-corrected chi connectivity index (χ3v) is 6.85. The lowest BCUT2D eigenvalue weighted by Crippen LogP contribution is -2.24. The number of fused-ring (bicyclic) bond motifs is 3. The van der Waals surface area contributed by atoms with E-state index in [1.54, 1.807) is 7.05 Å². The molecule has 0 bridgehead atoms. The Morgan fingerprint density at radius 2 is 2.03 bits per heavy atom. The van der Waals surface area contributed by atoms with Gasteiger partial charge < -0.3 is 16.0 Å². The number of hydrogen-bond acceptors (Lipinski definition) is 7. The molecule has 4 aromatic rings. The first-order valence-corrected chi connectivity index (χ1v) is 12.2. The van der Waals surface area contributed by atoms with Crippen molar-refractivity contribution in [3.63, 3.8) is 0 Å². The van der Waals surface area contributed by atoms with Crippen LogP contribution >= 0.6 is 11.3 Å². The number of likely N-dealkylation sites (N-methyl/N-ethyl adjacent to an activating group) is 1. The van der Waals surface area contributed by atoms with E-state index in [2.05, 4.69) is 53.0 Å². The molecule has 1 aliphatic carbocycles. The summed E-state index contributed by atoms with van der Waals surface area (Å²) in [6.45, 7) is 5.22. The number of nitrogens with one attached hydrogen (secondary N) is 3. The molecule has 34 heavy (non-hydrogen) atoms. The number of anilines is 2. The van der Waals surface area contributed by atoms with Crippen LogP contribution in [0.15, 0.2) is 42.6 Å². The summed E-state index contributed by atoms with van der Waals surface area (Å²) >= 11 is 1.51. The number of aryl methyl sites for hydroxylation is 2. The highest BCUT2D eigenvalue weighted by molar-refractivity contribution is 7.19. The summed E-state index contributed by atoms with van der Waals surface area (Å²) in [5.74, 6) is 0.749. The second-order valence-corrected chi connectivity index (χ2v) is 9.21. The van der Waals surface area contributed by atoms with Crippen molar-refractivity contribution in [3.8, 4) is 27.5 Å². The summed E-state index contributed by atoms with van der Waals surface area (Å²) in [4.78, 5) is 22.5. The molecular formula is C25H27N7OS. The lowest BCUT2D eigenvalue weighted by Gasteiger charge is -2.15. The number of para-hydroxylation sites is 1. The Labute approximate surface area is 202 Å². The van der Waals surface area contributed by atoms with Crippen LogP contribution < -0.4 is 16.0 Å². The maximum absolute atomic E-state index is 12.1. The van der Waals surface area contributed by atoms with Crippen molar-refractivity contribution in [2.24, 2.45) is 0 Å². The molecule has 3 aromatic heterocycles. The number of carbonyl (C=O) groups excluding carboxylic acids is 1. The number of amides is 1. The van der Waals surface area contributed by atoms with E-state index in [0.29, 0.717) is 5.13 Å². The third kappa shape index (κ3) is 4.08. The molecule has 0 unspecified atom stereocenters. The lowest BCUT2D eigenvalue weighted by molar-refractivity contribution is -0.115. The molecular weight excluding hydrogens is 446 g/mol. The average Bonchev–Trinajstić information content (AvgIpc) is 3.41. The highest BCUT2D eigenvalue weighted by Gasteiger charge is 2.30. The summed E-state index contributed by atoms with van der Waals surface area (Å²) in [6, 6.07) is 12.3. The Kier molecular flexibility index (Phi) is 6.12. The van der Waals surface area contributed by atoms with Crippen LogP contribution in [0.25, 0.3) is 27.5 Å². The molecule has 0 spiro atoms. The fourth-order valence-electron chi connectivity index (χ4n) is 4.27.